The van der Waals surface area contributed by atoms with Crippen molar-refractivity contribution in [1.29, 1.82) is 0 Å². The van der Waals surface area contributed by atoms with Crippen LogP contribution in [0.2, 0.25) is 6.04 Å². The smallest absolute Gasteiger partial charge is 0.00463 e. The fraction of sp³-hybridized carbons (Fsp3) is 1.00. The fourth-order valence-electron chi connectivity index (χ4n) is 1.21. The molecule has 0 N–H and O–H groups in total. The lowest BCUT2D eigenvalue weighted by Gasteiger charge is -1.94. The van der Waals surface area contributed by atoms with E-state index in [4.69, 9.17) is 0 Å². The largest absolute Gasteiger partial charge is 0.0657 e. The third-order valence-corrected chi connectivity index (χ3v) is 99.4. The molecular formula is C3H22Si7. The Morgan fingerprint density at radius 2 is 1.80 bits per heavy atom. The molecule has 0 unspecified atom stereocenters. The third kappa shape index (κ3) is 9.52. The maximum absolute atomic E-state index is 2.37. The molecule has 7 heteroatoms. The summed E-state index contributed by atoms with van der Waals surface area (Å²) in [4.78, 5) is 0. The van der Waals surface area contributed by atoms with Crippen molar-refractivity contribution in [1.82, 2.24) is 0 Å². The Morgan fingerprint density at radius 3 is 2.40 bits per heavy atom. The van der Waals surface area contributed by atoms with Crippen LogP contribution in [-0.2, 0) is 0 Å². The van der Waals surface area contributed by atoms with E-state index in [2.05, 4.69) is 6.92 Å². The van der Waals surface area contributed by atoms with Gasteiger partial charge in [-0.15, -0.1) is 0 Å². The van der Waals surface area contributed by atoms with Gasteiger partial charge in [0, 0.05) is 9.04 Å². The van der Waals surface area contributed by atoms with Gasteiger partial charge in [0.25, 0.3) is 0 Å². The van der Waals surface area contributed by atoms with E-state index < -0.39 is 0 Å². The van der Waals surface area contributed by atoms with Gasteiger partial charge in [-0.1, -0.05) is 19.4 Å². The Kier molecular flexibility index (Phi) is 12.1. The van der Waals surface area contributed by atoms with Crippen LogP contribution in [0.25, 0.3) is 0 Å². The molecule has 0 saturated heterocycles. The van der Waals surface area contributed by atoms with E-state index in [0.717, 1.165) is 42.8 Å². The van der Waals surface area contributed by atoms with Crippen LogP contribution in [0.1, 0.15) is 13.3 Å². The highest BCUT2D eigenvalue weighted by molar-refractivity contribution is 7.61. The Labute approximate surface area is 80.8 Å². The standard InChI is InChI=1S/C3H22Si7/c1-2-3-5-7-9-10-8-6-4/h2-3,5-10H2,1,4H3. The Morgan fingerprint density at radius 1 is 1.10 bits per heavy atom. The minimum absolute atomic E-state index is 0.668. The molecule has 0 bridgehead atoms. The van der Waals surface area contributed by atoms with Gasteiger partial charge >= 0.3 is 0 Å². The van der Waals surface area contributed by atoms with Gasteiger partial charge in [0.15, 0.2) is 0 Å². The molecule has 0 aliphatic carbocycles. The molecular weight excluding hydrogens is 233 g/mol. The van der Waals surface area contributed by atoms with Crippen molar-refractivity contribution in [3.63, 3.8) is 0 Å². The van der Waals surface area contributed by atoms with Crippen molar-refractivity contribution in [2.45, 2.75) is 19.4 Å². The van der Waals surface area contributed by atoms with Crippen LogP contribution in [0.15, 0.2) is 0 Å². The first-order chi connectivity index (χ1) is 4.91. The average molecular weight is 255 g/mol. The van der Waals surface area contributed by atoms with E-state index in [1.165, 1.54) is 6.42 Å². The van der Waals surface area contributed by atoms with Gasteiger partial charge in [-0.05, 0) is 52.5 Å². The lowest BCUT2D eigenvalue weighted by Crippen LogP contribution is -2.26. The maximum Gasteiger partial charge on any atom is 0.00463 e. The molecule has 10 heavy (non-hydrogen) atoms. The van der Waals surface area contributed by atoms with Crippen molar-refractivity contribution in [3.8, 4) is 0 Å². The summed E-state index contributed by atoms with van der Waals surface area (Å²) in [5, 5.41) is 0. The summed E-state index contributed by atoms with van der Waals surface area (Å²) < 4.78 is 0. The zero-order valence-corrected chi connectivity index (χ0v) is 18.1. The highest BCUT2D eigenvalue weighted by atomic mass is 29.9. The first-order valence-corrected chi connectivity index (χ1v) is 31.6. The van der Waals surface area contributed by atoms with E-state index >= 15 is 0 Å². The van der Waals surface area contributed by atoms with Gasteiger partial charge < -0.3 is 0 Å². The van der Waals surface area contributed by atoms with Gasteiger partial charge in [0.2, 0.25) is 0 Å². The van der Waals surface area contributed by atoms with Crippen LogP contribution in [0.5, 0.6) is 0 Å². The predicted octanol–water partition coefficient (Wildman–Crippen LogP) is -5.32. The summed E-state index contributed by atoms with van der Waals surface area (Å²) in [5.41, 5.74) is 0. The SMILES string of the molecule is CCC[SiH2][SiH2][SiH2][SiH2][SiH2][SiH2][SiH3]. The van der Waals surface area contributed by atoms with Gasteiger partial charge in [-0.2, -0.15) is 0 Å². The van der Waals surface area contributed by atoms with E-state index in [9.17, 15) is 0 Å². The van der Waals surface area contributed by atoms with E-state index in [-0.39, 0.29) is 0 Å². The second-order valence-electron chi connectivity index (χ2n) is 3.12. The first-order valence-electron chi connectivity index (χ1n) is 4.91. The summed E-state index contributed by atoms with van der Waals surface area (Å²) >= 11 is 0. The van der Waals surface area contributed by atoms with Gasteiger partial charge in [0.1, 0.15) is 0 Å². The van der Waals surface area contributed by atoms with Crippen LogP contribution in [0.3, 0.4) is 0 Å². The highest BCUT2D eigenvalue weighted by Crippen LogP contribution is 1.81. The van der Waals surface area contributed by atoms with Crippen LogP contribution >= 0.6 is 0 Å². The molecule has 0 aromatic rings. The van der Waals surface area contributed by atoms with Crippen LogP contribution < -0.4 is 0 Å². The zero-order valence-electron chi connectivity index (χ0n) is 7.66. The molecule has 0 aliphatic heterocycles. The zero-order chi connectivity index (χ0) is 7.66. The van der Waals surface area contributed by atoms with E-state index in [1.54, 1.807) is 15.8 Å². The second kappa shape index (κ2) is 10.5. The minimum Gasteiger partial charge on any atom is -0.0657 e. The molecule has 0 nitrogen and oxygen atoms in total. The summed E-state index contributed by atoms with van der Waals surface area (Å²) in [6.07, 6.45) is 1.53. The monoisotopic (exact) mass is 254 g/mol. The van der Waals surface area contributed by atoms with Gasteiger partial charge in [-0.3, -0.25) is 0 Å². The second-order valence-corrected chi connectivity index (χ2v) is 56.4. The Bertz CT molecular complexity index is 48.8. The fourth-order valence-corrected chi connectivity index (χ4v) is 168. The minimum atomic E-state index is 0.668. The Hall–Kier alpha value is 1.52. The molecule has 0 aromatic carbocycles. The number of hydrogen-bond donors (Lipinski definition) is 0. The third-order valence-electron chi connectivity index (χ3n) is 1.96. The molecule has 0 heterocycles. The quantitative estimate of drug-likeness (QED) is 0.315. The lowest BCUT2D eigenvalue weighted by molar-refractivity contribution is 1.08. The topological polar surface area (TPSA) is 0 Å². The highest BCUT2D eigenvalue weighted by Gasteiger charge is 1.91. The normalized spacial score (nSPS) is 17.7. The van der Waals surface area contributed by atoms with Crippen molar-refractivity contribution >= 4 is 61.6 Å². The summed E-state index contributed by atoms with van der Waals surface area (Å²) in [6, 6.07) is 1.73. The molecule has 0 aliphatic rings. The molecule has 0 rings (SSSR count). The summed E-state index contributed by atoms with van der Waals surface area (Å²) in [7, 11) is 6.48. The maximum atomic E-state index is 2.37. The predicted molar refractivity (Wildman–Crippen MR) is 76.3 cm³/mol. The van der Waals surface area contributed by atoms with Crippen molar-refractivity contribution < 1.29 is 0 Å². The number of rotatable bonds is 7. The molecule has 0 aromatic heterocycles. The molecule has 0 spiro atoms. The van der Waals surface area contributed by atoms with Crippen molar-refractivity contribution in [3.05, 3.63) is 0 Å². The van der Waals surface area contributed by atoms with Crippen molar-refractivity contribution in [2.24, 2.45) is 0 Å². The Balaban J connectivity index is 2.65. The molecule has 0 radical (unpaired) electrons. The summed E-state index contributed by atoms with van der Waals surface area (Å²) in [5.74, 6) is 0. The van der Waals surface area contributed by atoms with Crippen molar-refractivity contribution in [2.75, 3.05) is 0 Å². The molecule has 62 valence electrons. The van der Waals surface area contributed by atoms with Gasteiger partial charge in [0.05, 0.1) is 0 Å². The first kappa shape index (κ1) is 11.5. The van der Waals surface area contributed by atoms with E-state index in [1.807, 2.05) is 0 Å². The number of hydrogen-bond acceptors (Lipinski definition) is 0. The summed E-state index contributed by atoms with van der Waals surface area (Å²) in [6.45, 7) is 2.37. The molecule has 0 fully saturated rings. The van der Waals surface area contributed by atoms with Crippen LogP contribution in [0, 0.1) is 0 Å². The van der Waals surface area contributed by atoms with E-state index in [0.29, 0.717) is 9.04 Å². The van der Waals surface area contributed by atoms with Crippen LogP contribution in [0.4, 0.5) is 0 Å². The lowest BCUT2D eigenvalue weighted by atomic mass is 10.6. The molecule has 0 atom stereocenters. The van der Waals surface area contributed by atoms with Gasteiger partial charge in [-0.25, -0.2) is 0 Å². The molecule has 0 saturated carbocycles. The average Bonchev–Trinajstić information content (AvgIpc) is 1.97. The molecule has 0 amide bonds. The van der Waals surface area contributed by atoms with Crippen LogP contribution in [-0.4, -0.2) is 61.6 Å².